The maximum Gasteiger partial charge on any atom is 0.329 e. The van der Waals surface area contributed by atoms with Crippen molar-refractivity contribution in [3.05, 3.63) is 43.2 Å². The van der Waals surface area contributed by atoms with Crippen LogP contribution in [0.15, 0.2) is 27.1 Å². The van der Waals surface area contributed by atoms with Gasteiger partial charge in [0.1, 0.15) is 0 Å². The normalized spacial score (nSPS) is 18.2. The van der Waals surface area contributed by atoms with E-state index in [0.29, 0.717) is 11.2 Å². The van der Waals surface area contributed by atoms with E-state index in [0.717, 1.165) is 25.3 Å². The van der Waals surface area contributed by atoms with Crippen LogP contribution in [0.1, 0.15) is 23.8 Å². The van der Waals surface area contributed by atoms with Crippen LogP contribution in [0.4, 0.5) is 5.95 Å². The average Bonchev–Trinajstić information content (AvgIpc) is 3.23. The molecule has 0 saturated carbocycles. The molecule has 0 unspecified atom stereocenters. The second-order valence-electron chi connectivity index (χ2n) is 5.83. The predicted octanol–water partition coefficient (Wildman–Crippen LogP) is 1.36. The Morgan fingerprint density at radius 1 is 1.30 bits per heavy atom. The molecule has 1 atom stereocenters. The number of aryl methyl sites for hydroxylation is 2. The van der Waals surface area contributed by atoms with Crippen molar-refractivity contribution in [1.82, 2.24) is 19.1 Å². The molecule has 0 spiro atoms. The summed E-state index contributed by atoms with van der Waals surface area (Å²) in [4.78, 5) is 34.4. The monoisotopic (exact) mass is 331 g/mol. The van der Waals surface area contributed by atoms with Gasteiger partial charge in [0, 0.05) is 25.5 Å². The first-order valence-electron chi connectivity index (χ1n) is 7.53. The molecule has 0 aliphatic carbocycles. The highest BCUT2D eigenvalue weighted by Gasteiger charge is 2.31. The quantitative estimate of drug-likeness (QED) is 0.769. The van der Waals surface area contributed by atoms with E-state index < -0.39 is 11.2 Å². The molecule has 8 heteroatoms. The largest absolute Gasteiger partial charge is 0.334 e. The molecule has 1 aliphatic rings. The summed E-state index contributed by atoms with van der Waals surface area (Å²) in [6.45, 7) is 0.894. The Morgan fingerprint density at radius 3 is 2.87 bits per heavy atom. The Hall–Kier alpha value is -2.35. The number of nitrogens with one attached hydrogen (secondary N) is 1. The van der Waals surface area contributed by atoms with E-state index in [1.165, 1.54) is 9.44 Å². The molecule has 4 rings (SSSR count). The van der Waals surface area contributed by atoms with E-state index in [1.54, 1.807) is 23.0 Å². The van der Waals surface area contributed by atoms with E-state index in [9.17, 15) is 9.59 Å². The number of imidazole rings is 1. The van der Waals surface area contributed by atoms with E-state index in [2.05, 4.69) is 32.4 Å². The second-order valence-corrected chi connectivity index (χ2v) is 6.81. The molecule has 1 aliphatic heterocycles. The molecular weight excluding hydrogens is 314 g/mol. The molecule has 1 saturated heterocycles. The zero-order chi connectivity index (χ0) is 16.1. The Bertz CT molecular complexity index is 982. The summed E-state index contributed by atoms with van der Waals surface area (Å²) in [5.74, 6) is 0.739. The lowest BCUT2D eigenvalue weighted by molar-refractivity contribution is 0.700. The number of rotatable bonds is 2. The zero-order valence-corrected chi connectivity index (χ0v) is 13.8. The highest BCUT2D eigenvalue weighted by atomic mass is 32.1. The lowest BCUT2D eigenvalue weighted by atomic mass is 10.2. The molecule has 0 radical (unpaired) electrons. The fourth-order valence-corrected chi connectivity index (χ4v) is 4.21. The van der Waals surface area contributed by atoms with Crippen molar-refractivity contribution < 1.29 is 0 Å². The lowest BCUT2D eigenvalue weighted by Gasteiger charge is -2.24. The fraction of sp³-hybridized carbons (Fsp3) is 0.400. The molecule has 3 aromatic rings. The first-order chi connectivity index (χ1) is 11.1. The Kier molecular flexibility index (Phi) is 3.15. The first kappa shape index (κ1) is 14.3. The van der Waals surface area contributed by atoms with Crippen molar-refractivity contribution in [3.8, 4) is 0 Å². The molecule has 3 aromatic heterocycles. The van der Waals surface area contributed by atoms with Crippen molar-refractivity contribution in [1.29, 1.82) is 0 Å². The smallest absolute Gasteiger partial charge is 0.329 e. The molecule has 0 amide bonds. The number of H-pyrrole nitrogens is 1. The van der Waals surface area contributed by atoms with Crippen LogP contribution in [0, 0.1) is 0 Å². The average molecular weight is 331 g/mol. The SMILES string of the molecule is Cn1c(N2CCC[C@H]2c2cccs2)nc2c1c(=O)[nH]c(=O)n2C. The Balaban J connectivity index is 1.91. The van der Waals surface area contributed by atoms with Gasteiger partial charge in [-0.3, -0.25) is 14.3 Å². The molecule has 4 heterocycles. The molecule has 0 aromatic carbocycles. The number of hydrogen-bond donors (Lipinski definition) is 1. The molecular formula is C15H17N5O2S. The molecule has 7 nitrogen and oxygen atoms in total. The summed E-state index contributed by atoms with van der Waals surface area (Å²) < 4.78 is 3.18. The van der Waals surface area contributed by atoms with Crippen molar-refractivity contribution in [3.63, 3.8) is 0 Å². The number of hydrogen-bond acceptors (Lipinski definition) is 5. The van der Waals surface area contributed by atoms with Gasteiger partial charge in [-0.05, 0) is 24.3 Å². The summed E-state index contributed by atoms with van der Waals surface area (Å²) in [7, 11) is 3.45. The van der Waals surface area contributed by atoms with Crippen molar-refractivity contribution in [2.24, 2.45) is 14.1 Å². The molecule has 0 bridgehead atoms. The van der Waals surface area contributed by atoms with Crippen molar-refractivity contribution in [2.45, 2.75) is 18.9 Å². The van der Waals surface area contributed by atoms with Gasteiger partial charge in [0.15, 0.2) is 11.2 Å². The van der Waals surface area contributed by atoms with E-state index in [4.69, 9.17) is 0 Å². The zero-order valence-electron chi connectivity index (χ0n) is 12.9. The summed E-state index contributed by atoms with van der Waals surface area (Å²) >= 11 is 1.74. The van der Waals surface area contributed by atoms with Crippen LogP contribution < -0.4 is 16.1 Å². The topological polar surface area (TPSA) is 75.9 Å². The van der Waals surface area contributed by atoms with Crippen LogP contribution in [-0.4, -0.2) is 25.6 Å². The van der Waals surface area contributed by atoms with Crippen LogP contribution in [0.3, 0.4) is 0 Å². The first-order valence-corrected chi connectivity index (χ1v) is 8.41. The summed E-state index contributed by atoms with van der Waals surface area (Å²) in [5.41, 5.74) is 0.0200. The number of thiophene rings is 1. The molecule has 1 N–H and O–H groups in total. The van der Waals surface area contributed by atoms with E-state index in [1.807, 2.05) is 7.05 Å². The third-order valence-corrected chi connectivity index (χ3v) is 5.47. The lowest BCUT2D eigenvalue weighted by Crippen LogP contribution is -2.29. The number of fused-ring (bicyclic) bond motifs is 1. The number of aromatic amines is 1. The highest BCUT2D eigenvalue weighted by molar-refractivity contribution is 7.10. The molecule has 120 valence electrons. The van der Waals surface area contributed by atoms with Crippen LogP contribution >= 0.6 is 11.3 Å². The van der Waals surface area contributed by atoms with Gasteiger partial charge in [-0.15, -0.1) is 11.3 Å². The van der Waals surface area contributed by atoms with Gasteiger partial charge in [0.2, 0.25) is 5.95 Å². The summed E-state index contributed by atoms with van der Waals surface area (Å²) in [5, 5.41) is 2.08. The standard InChI is InChI=1S/C15H17N5O2S/c1-18-11-12(19(2)15(22)17-13(11)21)16-14(18)20-7-3-5-9(20)10-6-4-8-23-10/h4,6,8-9H,3,5,7H2,1-2H3,(H,17,21,22)/t9-/m0/s1. The van der Waals surface area contributed by atoms with Gasteiger partial charge in [-0.2, -0.15) is 4.98 Å². The van der Waals surface area contributed by atoms with Crippen molar-refractivity contribution in [2.75, 3.05) is 11.4 Å². The van der Waals surface area contributed by atoms with Crippen LogP contribution in [-0.2, 0) is 14.1 Å². The van der Waals surface area contributed by atoms with Gasteiger partial charge in [-0.1, -0.05) is 6.07 Å². The van der Waals surface area contributed by atoms with Gasteiger partial charge in [0.25, 0.3) is 5.56 Å². The van der Waals surface area contributed by atoms with Crippen LogP contribution in [0.25, 0.3) is 11.2 Å². The van der Waals surface area contributed by atoms with Crippen LogP contribution in [0.5, 0.6) is 0 Å². The Morgan fingerprint density at radius 2 is 2.13 bits per heavy atom. The minimum absolute atomic E-state index is 0.279. The third kappa shape index (κ3) is 2.05. The second kappa shape index (κ2) is 5.09. The maximum atomic E-state index is 12.2. The minimum atomic E-state index is -0.441. The number of nitrogens with zero attached hydrogens (tertiary/aromatic N) is 4. The predicted molar refractivity (Wildman–Crippen MR) is 90.2 cm³/mol. The van der Waals surface area contributed by atoms with Gasteiger partial charge >= 0.3 is 5.69 Å². The molecule has 23 heavy (non-hydrogen) atoms. The van der Waals surface area contributed by atoms with Crippen LogP contribution in [0.2, 0.25) is 0 Å². The maximum absolute atomic E-state index is 12.2. The molecule has 1 fully saturated rings. The van der Waals surface area contributed by atoms with Crippen molar-refractivity contribution >= 4 is 28.4 Å². The van der Waals surface area contributed by atoms with Gasteiger partial charge in [-0.25, -0.2) is 4.79 Å². The Labute approximate surface area is 135 Å². The van der Waals surface area contributed by atoms with Gasteiger partial charge in [0.05, 0.1) is 6.04 Å². The third-order valence-electron chi connectivity index (χ3n) is 4.49. The van der Waals surface area contributed by atoms with Gasteiger partial charge < -0.3 is 9.47 Å². The van der Waals surface area contributed by atoms with E-state index >= 15 is 0 Å². The summed E-state index contributed by atoms with van der Waals surface area (Å²) in [6.07, 6.45) is 2.15. The highest BCUT2D eigenvalue weighted by Crippen LogP contribution is 2.37. The minimum Gasteiger partial charge on any atom is -0.334 e. The summed E-state index contributed by atoms with van der Waals surface area (Å²) in [6, 6.07) is 4.47. The fourth-order valence-electron chi connectivity index (χ4n) is 3.34. The number of anilines is 1. The number of aromatic nitrogens is 4. The van der Waals surface area contributed by atoms with E-state index in [-0.39, 0.29) is 6.04 Å².